The smallest absolute Gasteiger partial charge is 0.294 e. The molecule has 0 saturated heterocycles. The molecule has 1 aliphatic heterocycles. The molecule has 0 fully saturated rings. The Bertz CT molecular complexity index is 934. The van der Waals surface area contributed by atoms with Crippen molar-refractivity contribution in [2.75, 3.05) is 0 Å². The lowest BCUT2D eigenvalue weighted by molar-refractivity contribution is -0.384. The Hall–Kier alpha value is -2.70. The molecule has 0 unspecified atom stereocenters. The second-order valence-corrected chi connectivity index (χ2v) is 5.98. The molecule has 0 saturated carbocycles. The second-order valence-electron chi connectivity index (χ2n) is 5.54. The number of nitro benzene ring substituents is 1. The summed E-state index contributed by atoms with van der Waals surface area (Å²) in [5.41, 5.74) is 4.26. The Labute approximate surface area is 142 Å². The molecule has 0 spiro atoms. The van der Waals surface area contributed by atoms with Gasteiger partial charge in [0.25, 0.3) is 5.69 Å². The lowest BCUT2D eigenvalue weighted by Gasteiger charge is -2.10. The van der Waals surface area contributed by atoms with E-state index >= 15 is 0 Å². The van der Waals surface area contributed by atoms with Gasteiger partial charge in [0, 0.05) is 35.3 Å². The van der Waals surface area contributed by atoms with Crippen molar-refractivity contribution in [1.29, 1.82) is 0 Å². The number of fused-ring (bicyclic) bond motifs is 1. The summed E-state index contributed by atoms with van der Waals surface area (Å²) in [5, 5.41) is 19.9. The van der Waals surface area contributed by atoms with Crippen LogP contribution in [0.25, 0.3) is 16.9 Å². The van der Waals surface area contributed by atoms with Gasteiger partial charge in [-0.3, -0.25) is 10.1 Å². The molecule has 1 N–H and O–H groups in total. The first-order chi connectivity index (χ1) is 11.6. The zero-order valence-corrected chi connectivity index (χ0v) is 13.3. The molecule has 1 aliphatic rings. The van der Waals surface area contributed by atoms with Gasteiger partial charge in [0.15, 0.2) is 0 Å². The Morgan fingerprint density at radius 1 is 1.12 bits per heavy atom. The average Bonchev–Trinajstić information content (AvgIpc) is 3.16. The van der Waals surface area contributed by atoms with Crippen LogP contribution < -0.4 is 5.32 Å². The van der Waals surface area contributed by atoms with Crippen LogP contribution in [-0.4, -0.2) is 14.7 Å². The quantitative estimate of drug-likeness (QED) is 0.582. The average molecular weight is 341 g/mol. The van der Waals surface area contributed by atoms with Gasteiger partial charge in [-0.15, -0.1) is 0 Å². The van der Waals surface area contributed by atoms with Crippen molar-refractivity contribution in [3.05, 3.63) is 74.9 Å². The molecule has 6 nitrogen and oxygen atoms in total. The minimum Gasteiger partial charge on any atom is -0.307 e. The normalized spacial score (nSPS) is 13.0. The van der Waals surface area contributed by atoms with Crippen LogP contribution in [0.2, 0.25) is 5.02 Å². The molecule has 2 heterocycles. The van der Waals surface area contributed by atoms with Crippen LogP contribution in [0.3, 0.4) is 0 Å². The van der Waals surface area contributed by atoms with Gasteiger partial charge in [-0.2, -0.15) is 5.10 Å². The fraction of sp³-hybridized carbons (Fsp3) is 0.118. The number of rotatable bonds is 3. The summed E-state index contributed by atoms with van der Waals surface area (Å²) in [5.74, 6) is 0. The third kappa shape index (κ3) is 2.36. The molecule has 0 amide bonds. The minimum atomic E-state index is -0.383. The minimum absolute atomic E-state index is 0.0295. The molecule has 24 heavy (non-hydrogen) atoms. The number of hydrogen-bond donors (Lipinski definition) is 1. The molecular weight excluding hydrogens is 328 g/mol. The lowest BCUT2D eigenvalue weighted by Crippen LogP contribution is -2.09. The number of hydrogen-bond acceptors (Lipinski definition) is 4. The van der Waals surface area contributed by atoms with E-state index in [1.165, 1.54) is 6.07 Å². The number of halogens is 1. The van der Waals surface area contributed by atoms with Crippen LogP contribution >= 0.6 is 11.6 Å². The number of benzene rings is 2. The fourth-order valence-corrected chi connectivity index (χ4v) is 3.13. The van der Waals surface area contributed by atoms with Crippen LogP contribution in [0.15, 0.2) is 48.5 Å². The van der Waals surface area contributed by atoms with Crippen molar-refractivity contribution in [3.8, 4) is 16.9 Å². The molecule has 7 heteroatoms. The van der Waals surface area contributed by atoms with Gasteiger partial charge in [0.05, 0.1) is 16.3 Å². The number of aromatic nitrogens is 2. The van der Waals surface area contributed by atoms with E-state index in [0.717, 1.165) is 22.5 Å². The van der Waals surface area contributed by atoms with Gasteiger partial charge in [0.1, 0.15) is 5.69 Å². The van der Waals surface area contributed by atoms with Crippen molar-refractivity contribution in [2.24, 2.45) is 0 Å². The Balaban J connectivity index is 1.98. The van der Waals surface area contributed by atoms with Crippen LogP contribution in [0, 0.1) is 10.1 Å². The lowest BCUT2D eigenvalue weighted by atomic mass is 10.1. The molecule has 0 bridgehead atoms. The van der Waals surface area contributed by atoms with Crippen LogP contribution in [0.1, 0.15) is 11.3 Å². The monoisotopic (exact) mass is 340 g/mol. The zero-order valence-electron chi connectivity index (χ0n) is 12.6. The summed E-state index contributed by atoms with van der Waals surface area (Å²) in [6.07, 6.45) is 0. The first-order valence-corrected chi connectivity index (χ1v) is 7.84. The zero-order chi connectivity index (χ0) is 16.7. The Morgan fingerprint density at radius 3 is 2.62 bits per heavy atom. The van der Waals surface area contributed by atoms with Gasteiger partial charge < -0.3 is 5.32 Å². The second kappa shape index (κ2) is 5.74. The maximum absolute atomic E-state index is 11.4. The third-order valence-electron chi connectivity index (χ3n) is 4.09. The van der Waals surface area contributed by atoms with Crippen molar-refractivity contribution in [3.63, 3.8) is 0 Å². The van der Waals surface area contributed by atoms with E-state index in [9.17, 15) is 10.1 Å². The van der Waals surface area contributed by atoms with Gasteiger partial charge in [-0.25, -0.2) is 4.68 Å². The summed E-state index contributed by atoms with van der Waals surface area (Å²) >= 11 is 5.99. The predicted octanol–water partition coefficient (Wildman–Crippen LogP) is 3.70. The molecule has 0 atom stereocenters. The highest BCUT2D eigenvalue weighted by Crippen LogP contribution is 2.34. The Morgan fingerprint density at radius 2 is 1.88 bits per heavy atom. The molecule has 0 aliphatic carbocycles. The summed E-state index contributed by atoms with van der Waals surface area (Å²) in [6.45, 7) is 1.34. The number of para-hydroxylation sites is 2. The number of nitro groups is 1. The van der Waals surface area contributed by atoms with Crippen LogP contribution in [0.4, 0.5) is 5.69 Å². The van der Waals surface area contributed by atoms with E-state index in [0.29, 0.717) is 23.8 Å². The summed E-state index contributed by atoms with van der Waals surface area (Å²) in [6, 6.07) is 14.1. The standard InChI is InChI=1S/C17H13ClN4O2/c18-12-7-5-11(6-8-12)17-13-9-19-10-14(13)20-21(17)15-3-1-2-4-16(15)22(23)24/h1-8,19H,9-10H2. The fourth-order valence-electron chi connectivity index (χ4n) is 3.01. The SMILES string of the molecule is O=[N+]([O-])c1ccccc1-n1nc2c(c1-c1ccc(Cl)cc1)CNC2. The van der Waals surface area contributed by atoms with Gasteiger partial charge in [0.2, 0.25) is 0 Å². The van der Waals surface area contributed by atoms with Crippen molar-refractivity contribution in [2.45, 2.75) is 13.1 Å². The van der Waals surface area contributed by atoms with E-state index in [-0.39, 0.29) is 10.6 Å². The summed E-state index contributed by atoms with van der Waals surface area (Å²) in [4.78, 5) is 11.0. The van der Waals surface area contributed by atoms with Gasteiger partial charge in [-0.1, -0.05) is 35.9 Å². The topological polar surface area (TPSA) is 73.0 Å². The van der Waals surface area contributed by atoms with Crippen molar-refractivity contribution >= 4 is 17.3 Å². The van der Waals surface area contributed by atoms with Crippen molar-refractivity contribution < 1.29 is 4.92 Å². The van der Waals surface area contributed by atoms with E-state index < -0.39 is 0 Å². The first-order valence-electron chi connectivity index (χ1n) is 7.46. The van der Waals surface area contributed by atoms with Crippen molar-refractivity contribution in [1.82, 2.24) is 15.1 Å². The Kier molecular flexibility index (Phi) is 3.55. The number of nitrogens with one attached hydrogen (secondary N) is 1. The van der Waals surface area contributed by atoms with Crippen LogP contribution in [0.5, 0.6) is 0 Å². The molecule has 4 rings (SSSR count). The highest BCUT2D eigenvalue weighted by Gasteiger charge is 2.26. The largest absolute Gasteiger partial charge is 0.307 e. The number of nitrogens with zero attached hydrogens (tertiary/aromatic N) is 3. The maximum Gasteiger partial charge on any atom is 0.294 e. The van der Waals surface area contributed by atoms with E-state index in [1.54, 1.807) is 22.9 Å². The summed E-state index contributed by atoms with van der Waals surface area (Å²) in [7, 11) is 0. The van der Waals surface area contributed by atoms with E-state index in [2.05, 4.69) is 10.4 Å². The molecule has 120 valence electrons. The van der Waals surface area contributed by atoms with Crippen LogP contribution in [-0.2, 0) is 13.1 Å². The van der Waals surface area contributed by atoms with E-state index in [4.69, 9.17) is 11.6 Å². The first kappa shape index (κ1) is 14.9. The predicted molar refractivity (Wildman–Crippen MR) is 91.2 cm³/mol. The van der Waals surface area contributed by atoms with Gasteiger partial charge >= 0.3 is 0 Å². The van der Waals surface area contributed by atoms with E-state index in [1.807, 2.05) is 24.3 Å². The highest BCUT2D eigenvalue weighted by atomic mass is 35.5. The highest BCUT2D eigenvalue weighted by molar-refractivity contribution is 6.30. The third-order valence-corrected chi connectivity index (χ3v) is 4.34. The molecule has 0 radical (unpaired) electrons. The molecule has 3 aromatic rings. The molecule has 2 aromatic carbocycles. The molecule has 1 aromatic heterocycles. The maximum atomic E-state index is 11.4. The van der Waals surface area contributed by atoms with Gasteiger partial charge in [-0.05, 0) is 18.2 Å². The summed E-state index contributed by atoms with van der Waals surface area (Å²) < 4.78 is 1.67. The molecular formula is C17H13ClN4O2.